The van der Waals surface area contributed by atoms with Crippen molar-refractivity contribution in [1.29, 1.82) is 0 Å². The van der Waals surface area contributed by atoms with Crippen LogP contribution in [0.3, 0.4) is 0 Å². The van der Waals surface area contributed by atoms with E-state index in [-0.39, 0.29) is 24.0 Å². The summed E-state index contributed by atoms with van der Waals surface area (Å²) in [4.78, 5) is 22.5. The molecule has 0 spiro atoms. The summed E-state index contributed by atoms with van der Waals surface area (Å²) in [6.45, 7) is 3.04. The molecule has 3 N–H and O–H groups in total. The summed E-state index contributed by atoms with van der Waals surface area (Å²) < 4.78 is 5.10. The summed E-state index contributed by atoms with van der Waals surface area (Å²) in [5.41, 5.74) is 0. The average Bonchev–Trinajstić information content (AvgIpc) is 2.34. The zero-order valence-electron chi connectivity index (χ0n) is 10.8. The summed E-state index contributed by atoms with van der Waals surface area (Å²) in [7, 11) is 0. The van der Waals surface area contributed by atoms with Gasteiger partial charge in [0, 0.05) is 0 Å². The zero-order chi connectivity index (χ0) is 14.4. The van der Waals surface area contributed by atoms with Crippen molar-refractivity contribution >= 4 is 11.9 Å². The molecule has 6 heteroatoms. The normalized spacial score (nSPS) is 11.9. The van der Waals surface area contributed by atoms with Crippen molar-refractivity contribution in [1.82, 2.24) is 5.32 Å². The molecule has 1 amide bonds. The van der Waals surface area contributed by atoms with E-state index in [0.717, 1.165) is 0 Å². The lowest BCUT2D eigenvalue weighted by molar-refractivity contribution is -0.143. The van der Waals surface area contributed by atoms with Crippen molar-refractivity contribution in [3.05, 3.63) is 24.3 Å². The van der Waals surface area contributed by atoms with Gasteiger partial charge >= 0.3 is 5.97 Å². The number of carboxylic acid groups (broad SMARTS) is 1. The second-order valence-electron chi connectivity index (χ2n) is 4.38. The van der Waals surface area contributed by atoms with E-state index in [9.17, 15) is 14.7 Å². The van der Waals surface area contributed by atoms with Gasteiger partial charge in [0.1, 0.15) is 6.04 Å². The van der Waals surface area contributed by atoms with Crippen molar-refractivity contribution in [2.24, 2.45) is 5.92 Å². The van der Waals surface area contributed by atoms with Gasteiger partial charge in [-0.1, -0.05) is 26.0 Å². The lowest BCUT2D eigenvalue weighted by Crippen LogP contribution is -2.46. The highest BCUT2D eigenvalue weighted by molar-refractivity contribution is 5.84. The maximum absolute atomic E-state index is 11.6. The van der Waals surface area contributed by atoms with Crippen molar-refractivity contribution in [2.75, 3.05) is 6.61 Å². The van der Waals surface area contributed by atoms with Crippen LogP contribution < -0.4 is 10.1 Å². The largest absolute Gasteiger partial charge is 0.504 e. The summed E-state index contributed by atoms with van der Waals surface area (Å²) in [6.07, 6.45) is 0. The average molecular weight is 267 g/mol. The first-order valence-electron chi connectivity index (χ1n) is 5.84. The summed E-state index contributed by atoms with van der Waals surface area (Å²) >= 11 is 0. The van der Waals surface area contributed by atoms with Crippen LogP contribution in [0.15, 0.2) is 24.3 Å². The minimum absolute atomic E-state index is 0.0751. The number of amides is 1. The number of phenols is 1. The Hall–Kier alpha value is -2.24. The number of ether oxygens (including phenoxy) is 1. The van der Waals surface area contributed by atoms with E-state index in [1.807, 2.05) is 0 Å². The van der Waals surface area contributed by atoms with Gasteiger partial charge in [-0.15, -0.1) is 0 Å². The predicted molar refractivity (Wildman–Crippen MR) is 68.0 cm³/mol. The third kappa shape index (κ3) is 4.50. The van der Waals surface area contributed by atoms with Crippen LogP contribution in [0.5, 0.6) is 11.5 Å². The lowest BCUT2D eigenvalue weighted by atomic mass is 10.1. The van der Waals surface area contributed by atoms with Gasteiger partial charge in [0.25, 0.3) is 5.91 Å². The van der Waals surface area contributed by atoms with Crippen molar-refractivity contribution in [3.63, 3.8) is 0 Å². The monoisotopic (exact) mass is 267 g/mol. The van der Waals surface area contributed by atoms with E-state index in [0.29, 0.717) is 0 Å². The van der Waals surface area contributed by atoms with Gasteiger partial charge in [0.2, 0.25) is 0 Å². The quantitative estimate of drug-likeness (QED) is 0.714. The van der Waals surface area contributed by atoms with Gasteiger partial charge in [0.05, 0.1) is 0 Å². The van der Waals surface area contributed by atoms with E-state index in [4.69, 9.17) is 9.84 Å². The number of benzene rings is 1. The molecule has 0 radical (unpaired) electrons. The van der Waals surface area contributed by atoms with E-state index >= 15 is 0 Å². The number of phenolic OH excluding ortho intramolecular Hbond substituents is 1. The Morgan fingerprint density at radius 2 is 1.95 bits per heavy atom. The Morgan fingerprint density at radius 3 is 2.47 bits per heavy atom. The number of aliphatic carboxylic acids is 1. The molecule has 19 heavy (non-hydrogen) atoms. The van der Waals surface area contributed by atoms with E-state index in [1.165, 1.54) is 12.1 Å². The topological polar surface area (TPSA) is 95.9 Å². The molecule has 1 rings (SSSR count). The fraction of sp³-hybridized carbons (Fsp3) is 0.385. The van der Waals surface area contributed by atoms with Crippen molar-refractivity contribution in [2.45, 2.75) is 19.9 Å². The first kappa shape index (κ1) is 14.8. The third-order valence-corrected chi connectivity index (χ3v) is 2.47. The highest BCUT2D eigenvalue weighted by Crippen LogP contribution is 2.23. The molecule has 1 atom stereocenters. The van der Waals surface area contributed by atoms with Crippen LogP contribution in [0.2, 0.25) is 0 Å². The van der Waals surface area contributed by atoms with E-state index < -0.39 is 17.9 Å². The lowest BCUT2D eigenvalue weighted by Gasteiger charge is -2.18. The van der Waals surface area contributed by atoms with Crippen LogP contribution >= 0.6 is 0 Å². The van der Waals surface area contributed by atoms with Gasteiger partial charge in [-0.3, -0.25) is 4.79 Å². The molecule has 6 nitrogen and oxygen atoms in total. The van der Waals surface area contributed by atoms with Gasteiger partial charge < -0.3 is 20.3 Å². The molecule has 0 aromatic heterocycles. The first-order valence-corrected chi connectivity index (χ1v) is 5.84. The molecule has 0 bridgehead atoms. The zero-order valence-corrected chi connectivity index (χ0v) is 10.8. The standard InChI is InChI=1S/C13H17NO5/c1-8(2)12(13(17)18)14-11(16)7-19-10-6-4-3-5-9(10)15/h3-6,8,12,15H,7H2,1-2H3,(H,14,16)(H,17,18)/t12-/m0/s1. The van der Waals surface area contributed by atoms with Crippen LogP contribution in [0.1, 0.15) is 13.8 Å². The van der Waals surface area contributed by atoms with Gasteiger partial charge in [-0.25, -0.2) is 4.79 Å². The molecule has 0 saturated heterocycles. The summed E-state index contributed by atoms with van der Waals surface area (Å²) in [6, 6.07) is 5.27. The molecular formula is C13H17NO5. The fourth-order valence-electron chi connectivity index (χ4n) is 1.45. The third-order valence-electron chi connectivity index (χ3n) is 2.47. The van der Waals surface area contributed by atoms with E-state index in [2.05, 4.69) is 5.32 Å². The maximum Gasteiger partial charge on any atom is 0.326 e. The molecule has 1 aromatic carbocycles. The first-order chi connectivity index (χ1) is 8.91. The number of carbonyl (C=O) groups excluding carboxylic acids is 1. The number of aromatic hydroxyl groups is 1. The number of carboxylic acids is 1. The minimum Gasteiger partial charge on any atom is -0.504 e. The second-order valence-corrected chi connectivity index (χ2v) is 4.38. The van der Waals surface area contributed by atoms with Gasteiger partial charge in [0.15, 0.2) is 18.1 Å². The number of hydrogen-bond donors (Lipinski definition) is 3. The number of carbonyl (C=O) groups is 2. The smallest absolute Gasteiger partial charge is 0.326 e. The highest BCUT2D eigenvalue weighted by Gasteiger charge is 2.23. The van der Waals surface area contributed by atoms with Crippen LogP contribution in [0, 0.1) is 5.92 Å². The van der Waals surface area contributed by atoms with Crippen molar-refractivity contribution in [3.8, 4) is 11.5 Å². The molecule has 0 aliphatic carbocycles. The van der Waals surface area contributed by atoms with Crippen LogP contribution in [-0.4, -0.2) is 34.7 Å². The molecule has 1 aromatic rings. The summed E-state index contributed by atoms with van der Waals surface area (Å²) in [5, 5.41) is 20.7. The Morgan fingerprint density at radius 1 is 1.32 bits per heavy atom. The predicted octanol–water partition coefficient (Wildman–Crippen LogP) is 0.996. The molecule has 0 aliphatic heterocycles. The molecule has 0 unspecified atom stereocenters. The maximum atomic E-state index is 11.6. The second kappa shape index (κ2) is 6.63. The van der Waals surface area contributed by atoms with Crippen LogP contribution in [0.25, 0.3) is 0 Å². The molecule has 104 valence electrons. The van der Waals surface area contributed by atoms with Crippen molar-refractivity contribution < 1.29 is 24.5 Å². The van der Waals surface area contributed by atoms with E-state index in [1.54, 1.807) is 26.0 Å². The number of hydrogen-bond acceptors (Lipinski definition) is 4. The summed E-state index contributed by atoms with van der Waals surface area (Å²) in [5.74, 6) is -1.77. The number of para-hydroxylation sites is 2. The number of rotatable bonds is 6. The Bertz CT molecular complexity index is 458. The highest BCUT2D eigenvalue weighted by atomic mass is 16.5. The Balaban J connectivity index is 2.52. The van der Waals surface area contributed by atoms with Crippen LogP contribution in [-0.2, 0) is 9.59 Å². The van der Waals surface area contributed by atoms with Gasteiger partial charge in [-0.05, 0) is 18.1 Å². The minimum atomic E-state index is -1.09. The Kier molecular flexibility index (Phi) is 5.17. The molecule has 0 heterocycles. The molecule has 0 fully saturated rings. The van der Waals surface area contributed by atoms with Gasteiger partial charge in [-0.2, -0.15) is 0 Å². The van der Waals surface area contributed by atoms with Crippen LogP contribution in [0.4, 0.5) is 0 Å². The molecular weight excluding hydrogens is 250 g/mol. The SMILES string of the molecule is CC(C)[C@H](NC(=O)COc1ccccc1O)C(=O)O. The molecule has 0 aliphatic rings. The fourth-order valence-corrected chi connectivity index (χ4v) is 1.45. The Labute approximate surface area is 111 Å². The molecule has 0 saturated carbocycles. The number of nitrogens with one attached hydrogen (secondary N) is 1.